The summed E-state index contributed by atoms with van der Waals surface area (Å²) in [6, 6.07) is 6.99. The number of pyridine rings is 1. The highest BCUT2D eigenvalue weighted by Gasteiger charge is 2.31. The Morgan fingerprint density at radius 3 is 2.39 bits per heavy atom. The summed E-state index contributed by atoms with van der Waals surface area (Å²) in [7, 11) is 4.81. The molecule has 1 N–H and O–H groups in total. The van der Waals surface area contributed by atoms with E-state index in [4.69, 9.17) is 14.2 Å². The molecule has 0 radical (unpaired) electrons. The summed E-state index contributed by atoms with van der Waals surface area (Å²) in [5, 5.41) is 10.9. The van der Waals surface area contributed by atoms with Gasteiger partial charge in [0.25, 0.3) is 5.56 Å². The van der Waals surface area contributed by atoms with Crippen LogP contribution in [-0.4, -0.2) is 55.6 Å². The fraction of sp³-hybridized carbons (Fsp3) is 0.542. The standard InChI is InChI=1S/C24H34N2O5/c1-16-8-10-25(11-9-16)23(18-6-7-20(30-4)21(15-18)31-5)22-19(27)14-17(2)26(24(22)28)12-13-29-3/h6-7,14-16,23,27H,8-13H2,1-5H3/t23-/m1/s1. The number of aromatic nitrogens is 1. The molecule has 1 aliphatic rings. The van der Waals surface area contributed by atoms with Gasteiger partial charge in [-0.2, -0.15) is 0 Å². The van der Waals surface area contributed by atoms with Crippen molar-refractivity contribution in [1.82, 2.24) is 9.47 Å². The molecule has 1 aliphatic heterocycles. The first kappa shape index (κ1) is 23.2. The van der Waals surface area contributed by atoms with Gasteiger partial charge in [0.1, 0.15) is 5.75 Å². The molecule has 0 amide bonds. The van der Waals surface area contributed by atoms with Crippen molar-refractivity contribution < 1.29 is 19.3 Å². The minimum absolute atomic E-state index is 0.0228. The van der Waals surface area contributed by atoms with E-state index >= 15 is 0 Å². The van der Waals surface area contributed by atoms with Crippen LogP contribution in [0.1, 0.15) is 42.6 Å². The number of ether oxygens (including phenoxy) is 3. The van der Waals surface area contributed by atoms with E-state index in [0.29, 0.717) is 41.8 Å². The second kappa shape index (κ2) is 10.2. The molecule has 1 fully saturated rings. The monoisotopic (exact) mass is 430 g/mol. The minimum Gasteiger partial charge on any atom is -0.507 e. The van der Waals surface area contributed by atoms with Crippen molar-refractivity contribution in [3.8, 4) is 17.2 Å². The molecule has 1 saturated heterocycles. The van der Waals surface area contributed by atoms with Gasteiger partial charge in [-0.05, 0) is 62.5 Å². The predicted molar refractivity (Wildman–Crippen MR) is 120 cm³/mol. The van der Waals surface area contributed by atoms with E-state index in [0.717, 1.165) is 31.5 Å². The fourth-order valence-electron chi connectivity index (χ4n) is 4.36. The lowest BCUT2D eigenvalue weighted by atomic mass is 9.91. The van der Waals surface area contributed by atoms with Gasteiger partial charge in [0, 0.05) is 19.3 Å². The van der Waals surface area contributed by atoms with Crippen molar-refractivity contribution in [3.63, 3.8) is 0 Å². The second-order valence-electron chi connectivity index (χ2n) is 8.27. The van der Waals surface area contributed by atoms with E-state index in [1.54, 1.807) is 32.0 Å². The zero-order chi connectivity index (χ0) is 22.5. The van der Waals surface area contributed by atoms with E-state index in [1.807, 2.05) is 25.1 Å². The molecule has 2 heterocycles. The lowest BCUT2D eigenvalue weighted by Crippen LogP contribution is -2.40. The van der Waals surface area contributed by atoms with Gasteiger partial charge in [0.05, 0.1) is 32.4 Å². The molecule has 170 valence electrons. The molecule has 2 aromatic rings. The maximum absolute atomic E-state index is 13.6. The molecular weight excluding hydrogens is 396 g/mol. The van der Waals surface area contributed by atoms with Gasteiger partial charge in [-0.1, -0.05) is 13.0 Å². The Kier molecular flexibility index (Phi) is 7.62. The number of aromatic hydroxyl groups is 1. The van der Waals surface area contributed by atoms with Crippen LogP contribution >= 0.6 is 0 Å². The van der Waals surface area contributed by atoms with E-state index in [9.17, 15) is 9.90 Å². The lowest BCUT2D eigenvalue weighted by Gasteiger charge is -2.37. The molecule has 0 aliphatic carbocycles. The van der Waals surface area contributed by atoms with Crippen LogP contribution in [0.5, 0.6) is 17.2 Å². The summed E-state index contributed by atoms with van der Waals surface area (Å²) in [5.41, 5.74) is 1.81. The molecule has 7 nitrogen and oxygen atoms in total. The van der Waals surface area contributed by atoms with Gasteiger partial charge in [-0.3, -0.25) is 9.69 Å². The fourth-order valence-corrected chi connectivity index (χ4v) is 4.36. The molecule has 31 heavy (non-hydrogen) atoms. The number of hydrogen-bond donors (Lipinski definition) is 1. The van der Waals surface area contributed by atoms with Crippen molar-refractivity contribution in [2.45, 2.75) is 39.3 Å². The Balaban J connectivity index is 2.17. The summed E-state index contributed by atoms with van der Waals surface area (Å²) in [5.74, 6) is 1.89. The number of rotatable bonds is 8. The number of aryl methyl sites for hydroxylation is 1. The third-order valence-electron chi connectivity index (χ3n) is 6.22. The van der Waals surface area contributed by atoms with E-state index < -0.39 is 0 Å². The first-order valence-electron chi connectivity index (χ1n) is 10.8. The summed E-state index contributed by atoms with van der Waals surface area (Å²) in [4.78, 5) is 15.9. The Morgan fingerprint density at radius 2 is 1.77 bits per heavy atom. The van der Waals surface area contributed by atoms with Crippen molar-refractivity contribution in [3.05, 3.63) is 51.4 Å². The zero-order valence-electron chi connectivity index (χ0n) is 19.2. The van der Waals surface area contributed by atoms with Gasteiger partial charge >= 0.3 is 0 Å². The van der Waals surface area contributed by atoms with E-state index in [-0.39, 0.29) is 17.4 Å². The van der Waals surface area contributed by atoms with Crippen LogP contribution in [0.4, 0.5) is 0 Å². The van der Waals surface area contributed by atoms with Crippen LogP contribution in [0.25, 0.3) is 0 Å². The maximum atomic E-state index is 13.6. The molecule has 0 spiro atoms. The van der Waals surface area contributed by atoms with Gasteiger partial charge < -0.3 is 23.9 Å². The molecular formula is C24H34N2O5. The molecule has 1 aromatic carbocycles. The van der Waals surface area contributed by atoms with Crippen molar-refractivity contribution in [2.24, 2.45) is 5.92 Å². The summed E-state index contributed by atoms with van der Waals surface area (Å²) < 4.78 is 17.8. The number of hydrogen-bond acceptors (Lipinski definition) is 6. The zero-order valence-corrected chi connectivity index (χ0v) is 19.2. The van der Waals surface area contributed by atoms with Crippen LogP contribution in [0.3, 0.4) is 0 Å². The number of nitrogens with zero attached hydrogens (tertiary/aromatic N) is 2. The van der Waals surface area contributed by atoms with Crippen molar-refractivity contribution >= 4 is 0 Å². The van der Waals surface area contributed by atoms with Crippen LogP contribution in [0.2, 0.25) is 0 Å². The largest absolute Gasteiger partial charge is 0.507 e. The summed E-state index contributed by atoms with van der Waals surface area (Å²) in [6.45, 7) is 6.64. The summed E-state index contributed by atoms with van der Waals surface area (Å²) >= 11 is 0. The second-order valence-corrected chi connectivity index (χ2v) is 8.27. The van der Waals surface area contributed by atoms with Crippen LogP contribution in [0, 0.1) is 12.8 Å². The lowest BCUT2D eigenvalue weighted by molar-refractivity contribution is 0.153. The first-order chi connectivity index (χ1) is 14.9. The highest BCUT2D eigenvalue weighted by molar-refractivity contribution is 5.48. The average Bonchev–Trinajstić information content (AvgIpc) is 2.76. The van der Waals surface area contributed by atoms with Gasteiger partial charge in [0.2, 0.25) is 0 Å². The number of likely N-dealkylation sites (tertiary alicyclic amines) is 1. The molecule has 1 aromatic heterocycles. The van der Waals surface area contributed by atoms with Gasteiger partial charge in [-0.25, -0.2) is 0 Å². The Hall–Kier alpha value is -2.51. The van der Waals surface area contributed by atoms with Gasteiger partial charge in [-0.15, -0.1) is 0 Å². The number of methoxy groups -OCH3 is 3. The van der Waals surface area contributed by atoms with Crippen molar-refractivity contribution in [1.29, 1.82) is 0 Å². The number of piperidine rings is 1. The normalized spacial score (nSPS) is 16.3. The maximum Gasteiger partial charge on any atom is 0.259 e. The van der Waals surface area contributed by atoms with E-state index in [1.165, 1.54) is 0 Å². The van der Waals surface area contributed by atoms with Crippen molar-refractivity contribution in [2.75, 3.05) is 41.0 Å². The molecule has 0 saturated carbocycles. The SMILES string of the molecule is COCCn1c(C)cc(O)c([C@@H](c2ccc(OC)c(OC)c2)N2CCC(C)CC2)c1=O. The third-order valence-corrected chi connectivity index (χ3v) is 6.22. The van der Waals surface area contributed by atoms with E-state index in [2.05, 4.69) is 11.8 Å². The molecule has 7 heteroatoms. The predicted octanol–water partition coefficient (Wildman–Crippen LogP) is 3.35. The average molecular weight is 431 g/mol. The molecule has 0 bridgehead atoms. The highest BCUT2D eigenvalue weighted by Crippen LogP contribution is 2.38. The van der Waals surface area contributed by atoms with Crippen LogP contribution in [0.15, 0.2) is 29.1 Å². The number of benzene rings is 1. The Morgan fingerprint density at radius 1 is 1.10 bits per heavy atom. The molecule has 0 unspecified atom stereocenters. The highest BCUT2D eigenvalue weighted by atomic mass is 16.5. The summed E-state index contributed by atoms with van der Waals surface area (Å²) in [6.07, 6.45) is 2.10. The third kappa shape index (κ3) is 4.88. The quantitative estimate of drug-likeness (QED) is 0.692. The topological polar surface area (TPSA) is 73.2 Å². The first-order valence-corrected chi connectivity index (χ1v) is 10.8. The smallest absolute Gasteiger partial charge is 0.259 e. The Labute approximate surface area is 184 Å². The van der Waals surface area contributed by atoms with Gasteiger partial charge in [0.15, 0.2) is 11.5 Å². The molecule has 3 rings (SSSR count). The van der Waals surface area contributed by atoms with Crippen LogP contribution in [-0.2, 0) is 11.3 Å². The Bertz CT molecular complexity index is 948. The minimum atomic E-state index is -0.380. The molecule has 1 atom stereocenters. The van der Waals surface area contributed by atoms with Crippen LogP contribution < -0.4 is 15.0 Å².